The van der Waals surface area contributed by atoms with Gasteiger partial charge in [0, 0.05) is 36.9 Å². The Labute approximate surface area is 139 Å². The predicted octanol–water partition coefficient (Wildman–Crippen LogP) is 2.52. The molecule has 1 fully saturated rings. The third-order valence-corrected chi connectivity index (χ3v) is 5.16. The first kappa shape index (κ1) is 16.2. The van der Waals surface area contributed by atoms with Crippen LogP contribution in [0.2, 0.25) is 0 Å². The van der Waals surface area contributed by atoms with E-state index in [2.05, 4.69) is 64.1 Å². The number of nitrogens with one attached hydrogen (secondary N) is 1. The number of piperidine rings is 1. The molecular formula is C19H28N4. The molecule has 23 heavy (non-hydrogen) atoms. The molecule has 4 heteroatoms. The molecule has 3 rings (SSSR count). The van der Waals surface area contributed by atoms with E-state index in [1.54, 1.807) is 0 Å². The van der Waals surface area contributed by atoms with Crippen molar-refractivity contribution in [2.45, 2.75) is 37.8 Å². The van der Waals surface area contributed by atoms with Crippen LogP contribution < -0.4 is 5.32 Å². The molecule has 0 radical (unpaired) electrons. The van der Waals surface area contributed by atoms with Gasteiger partial charge in [0.05, 0.1) is 6.33 Å². The van der Waals surface area contributed by atoms with Gasteiger partial charge in [0.25, 0.3) is 0 Å². The number of rotatable bonds is 6. The Bertz CT molecular complexity index is 571. The molecule has 0 amide bonds. The second-order valence-electron chi connectivity index (χ2n) is 6.99. The second-order valence-corrected chi connectivity index (χ2v) is 6.99. The summed E-state index contributed by atoms with van der Waals surface area (Å²) < 4.78 is 2.14. The van der Waals surface area contributed by atoms with E-state index in [1.165, 1.54) is 31.5 Å². The Morgan fingerprint density at radius 3 is 2.61 bits per heavy atom. The fraction of sp³-hybridized carbons (Fsp3) is 0.526. The van der Waals surface area contributed by atoms with Crippen LogP contribution in [0.3, 0.4) is 0 Å². The van der Waals surface area contributed by atoms with Crippen LogP contribution in [0.4, 0.5) is 0 Å². The summed E-state index contributed by atoms with van der Waals surface area (Å²) in [6.07, 6.45) is 8.20. The number of nitrogens with zero attached hydrogens (tertiary/aromatic N) is 3. The van der Waals surface area contributed by atoms with Gasteiger partial charge < -0.3 is 14.8 Å². The topological polar surface area (TPSA) is 33.1 Å². The molecule has 1 aromatic heterocycles. The Morgan fingerprint density at radius 1 is 1.22 bits per heavy atom. The van der Waals surface area contributed by atoms with Crippen molar-refractivity contribution in [3.8, 4) is 0 Å². The van der Waals surface area contributed by atoms with Crippen LogP contribution in [0, 0.1) is 0 Å². The lowest BCUT2D eigenvalue weighted by Crippen LogP contribution is -2.49. The standard InChI is InChI=1S/C19H28N4/c1-17(14-23-13-10-20-16-23)21-15-19(8-11-22(2)12-9-19)18-6-4-3-5-7-18/h3-7,10,13,16-17,21H,8-9,11-12,14-15H2,1-2H3/t17-/m0/s1. The summed E-state index contributed by atoms with van der Waals surface area (Å²) in [6, 6.07) is 11.5. The highest BCUT2D eigenvalue weighted by atomic mass is 15.1. The summed E-state index contributed by atoms with van der Waals surface area (Å²) >= 11 is 0. The number of hydrogen-bond acceptors (Lipinski definition) is 3. The number of hydrogen-bond donors (Lipinski definition) is 1. The first-order valence-electron chi connectivity index (χ1n) is 8.61. The van der Waals surface area contributed by atoms with E-state index in [4.69, 9.17) is 0 Å². The first-order valence-corrected chi connectivity index (χ1v) is 8.61. The molecule has 1 atom stereocenters. The van der Waals surface area contributed by atoms with E-state index < -0.39 is 0 Å². The molecule has 0 spiro atoms. The smallest absolute Gasteiger partial charge is 0.0946 e. The third kappa shape index (κ3) is 4.01. The van der Waals surface area contributed by atoms with E-state index in [0.717, 1.165) is 13.1 Å². The van der Waals surface area contributed by atoms with Crippen molar-refractivity contribution >= 4 is 0 Å². The highest BCUT2D eigenvalue weighted by Gasteiger charge is 2.35. The van der Waals surface area contributed by atoms with Crippen LogP contribution in [0.1, 0.15) is 25.3 Å². The predicted molar refractivity (Wildman–Crippen MR) is 94.5 cm³/mol. The molecular weight excluding hydrogens is 284 g/mol. The molecule has 1 aromatic carbocycles. The van der Waals surface area contributed by atoms with E-state index >= 15 is 0 Å². The highest BCUT2D eigenvalue weighted by Crippen LogP contribution is 2.34. The lowest BCUT2D eigenvalue weighted by molar-refractivity contribution is 0.179. The number of aromatic nitrogens is 2. The summed E-state index contributed by atoms with van der Waals surface area (Å²) in [5, 5.41) is 3.78. The molecule has 1 saturated heterocycles. The van der Waals surface area contributed by atoms with Crippen LogP contribution in [0.15, 0.2) is 49.1 Å². The van der Waals surface area contributed by atoms with Crippen molar-refractivity contribution in [3.63, 3.8) is 0 Å². The van der Waals surface area contributed by atoms with Gasteiger partial charge in [-0.05, 0) is 45.5 Å². The van der Waals surface area contributed by atoms with Gasteiger partial charge in [0.15, 0.2) is 0 Å². The van der Waals surface area contributed by atoms with E-state index in [-0.39, 0.29) is 5.41 Å². The van der Waals surface area contributed by atoms with Crippen molar-refractivity contribution in [2.24, 2.45) is 0 Å². The zero-order valence-electron chi connectivity index (χ0n) is 14.3. The monoisotopic (exact) mass is 312 g/mol. The summed E-state index contributed by atoms with van der Waals surface area (Å²) in [5.74, 6) is 0. The fourth-order valence-electron chi connectivity index (χ4n) is 3.55. The summed E-state index contributed by atoms with van der Waals surface area (Å²) in [5.41, 5.74) is 1.74. The van der Waals surface area contributed by atoms with Crippen molar-refractivity contribution < 1.29 is 0 Å². The number of likely N-dealkylation sites (tertiary alicyclic amines) is 1. The van der Waals surface area contributed by atoms with E-state index in [1.807, 2.05) is 18.7 Å². The molecule has 4 nitrogen and oxygen atoms in total. The largest absolute Gasteiger partial charge is 0.336 e. The van der Waals surface area contributed by atoms with Gasteiger partial charge in [-0.2, -0.15) is 0 Å². The Kier molecular flexibility index (Phi) is 5.13. The van der Waals surface area contributed by atoms with Gasteiger partial charge in [0.2, 0.25) is 0 Å². The number of benzene rings is 1. The lowest BCUT2D eigenvalue weighted by Gasteiger charge is -2.42. The average molecular weight is 312 g/mol. The van der Waals surface area contributed by atoms with E-state index in [0.29, 0.717) is 6.04 Å². The van der Waals surface area contributed by atoms with Crippen molar-refractivity contribution in [2.75, 3.05) is 26.7 Å². The molecule has 0 unspecified atom stereocenters. The Balaban J connectivity index is 1.67. The van der Waals surface area contributed by atoms with Crippen LogP contribution in [0.5, 0.6) is 0 Å². The van der Waals surface area contributed by atoms with Gasteiger partial charge in [-0.15, -0.1) is 0 Å². The Hall–Kier alpha value is -1.65. The van der Waals surface area contributed by atoms with Gasteiger partial charge in [-0.1, -0.05) is 30.3 Å². The average Bonchev–Trinajstić information content (AvgIpc) is 3.08. The normalized spacial score (nSPS) is 19.6. The third-order valence-electron chi connectivity index (χ3n) is 5.16. The number of imidazole rings is 1. The second kappa shape index (κ2) is 7.28. The van der Waals surface area contributed by atoms with Gasteiger partial charge in [-0.3, -0.25) is 0 Å². The molecule has 0 saturated carbocycles. The van der Waals surface area contributed by atoms with Crippen LogP contribution >= 0.6 is 0 Å². The van der Waals surface area contributed by atoms with Gasteiger partial charge in [0.1, 0.15) is 0 Å². The SMILES string of the molecule is C[C@@H](Cn1ccnc1)NCC1(c2ccccc2)CCN(C)CC1. The van der Waals surface area contributed by atoms with Gasteiger partial charge in [-0.25, -0.2) is 4.98 Å². The summed E-state index contributed by atoms with van der Waals surface area (Å²) in [4.78, 5) is 6.57. The maximum Gasteiger partial charge on any atom is 0.0946 e. The maximum atomic E-state index is 4.12. The first-order chi connectivity index (χ1) is 11.2. The van der Waals surface area contributed by atoms with Crippen molar-refractivity contribution in [1.82, 2.24) is 19.8 Å². The molecule has 0 bridgehead atoms. The molecule has 1 aliphatic rings. The van der Waals surface area contributed by atoms with Crippen LogP contribution in [-0.2, 0) is 12.0 Å². The zero-order valence-corrected chi connectivity index (χ0v) is 14.3. The summed E-state index contributed by atoms with van der Waals surface area (Å²) in [7, 11) is 2.23. The molecule has 0 aliphatic carbocycles. The zero-order chi connectivity index (χ0) is 16.1. The van der Waals surface area contributed by atoms with Crippen molar-refractivity contribution in [3.05, 3.63) is 54.6 Å². The highest BCUT2D eigenvalue weighted by molar-refractivity contribution is 5.27. The minimum atomic E-state index is 0.261. The summed E-state index contributed by atoms with van der Waals surface area (Å²) in [6.45, 7) is 6.61. The van der Waals surface area contributed by atoms with Crippen molar-refractivity contribution in [1.29, 1.82) is 0 Å². The molecule has 1 aliphatic heterocycles. The molecule has 2 aromatic rings. The van der Waals surface area contributed by atoms with E-state index in [9.17, 15) is 0 Å². The molecule has 2 heterocycles. The Morgan fingerprint density at radius 2 is 1.96 bits per heavy atom. The minimum absolute atomic E-state index is 0.261. The van der Waals surface area contributed by atoms with Gasteiger partial charge >= 0.3 is 0 Å². The minimum Gasteiger partial charge on any atom is -0.336 e. The van der Waals surface area contributed by atoms with Crippen LogP contribution in [-0.4, -0.2) is 47.2 Å². The quantitative estimate of drug-likeness (QED) is 0.890. The fourth-order valence-corrected chi connectivity index (χ4v) is 3.55. The maximum absolute atomic E-state index is 4.12. The molecule has 124 valence electrons. The van der Waals surface area contributed by atoms with Crippen LogP contribution in [0.25, 0.3) is 0 Å². The molecule has 1 N–H and O–H groups in total. The lowest BCUT2D eigenvalue weighted by atomic mass is 9.72.